The first-order chi connectivity index (χ1) is 11.7. The third-order valence-corrected chi connectivity index (χ3v) is 4.41. The molecule has 11 nitrogen and oxygen atoms in total. The molecule has 0 aliphatic carbocycles. The lowest BCUT2D eigenvalue weighted by molar-refractivity contribution is -0.332. The topological polar surface area (TPSA) is 179 Å². The van der Waals surface area contributed by atoms with Crippen LogP contribution in [0.15, 0.2) is 0 Å². The van der Waals surface area contributed by atoms with Crippen LogP contribution >= 0.6 is 0 Å². The zero-order chi connectivity index (χ0) is 18.9. The lowest BCUT2D eigenvalue weighted by atomic mass is 9.96. The molecule has 25 heavy (non-hydrogen) atoms. The SMILES string of the molecule is CO[C@H]1O[C@H](CO[C@@H]2O[C@H]([C@@H](C)O)[C@H](O)[C@H](O)[C@H]2O)[C@H](O)[C@H](O)[C@H]1O. The second kappa shape index (κ2) is 8.50. The van der Waals surface area contributed by atoms with Crippen LogP contribution in [0.25, 0.3) is 0 Å². The van der Waals surface area contributed by atoms with Crippen LogP contribution in [0.4, 0.5) is 0 Å². The molecule has 0 saturated carbocycles. The highest BCUT2D eigenvalue weighted by molar-refractivity contribution is 4.92. The number of hydrogen-bond donors (Lipinski definition) is 7. The lowest BCUT2D eigenvalue weighted by Crippen LogP contribution is -2.62. The van der Waals surface area contributed by atoms with Gasteiger partial charge in [0.1, 0.15) is 48.8 Å². The van der Waals surface area contributed by atoms with Gasteiger partial charge in [-0.05, 0) is 6.92 Å². The maximum absolute atomic E-state index is 9.95. The highest BCUT2D eigenvalue weighted by atomic mass is 16.7. The third-order valence-electron chi connectivity index (χ3n) is 4.41. The van der Waals surface area contributed by atoms with E-state index in [0.29, 0.717) is 0 Å². The van der Waals surface area contributed by atoms with Crippen molar-refractivity contribution in [3.05, 3.63) is 0 Å². The van der Waals surface area contributed by atoms with Crippen LogP contribution in [0.5, 0.6) is 0 Å². The number of aliphatic hydroxyl groups excluding tert-OH is 7. The van der Waals surface area contributed by atoms with E-state index in [1.54, 1.807) is 0 Å². The van der Waals surface area contributed by atoms with Gasteiger partial charge in [-0.25, -0.2) is 0 Å². The van der Waals surface area contributed by atoms with Crippen molar-refractivity contribution < 1.29 is 54.7 Å². The Morgan fingerprint density at radius 3 is 1.92 bits per heavy atom. The fourth-order valence-electron chi connectivity index (χ4n) is 2.85. The molecule has 7 N–H and O–H groups in total. The summed E-state index contributed by atoms with van der Waals surface area (Å²) in [7, 11) is 1.25. The van der Waals surface area contributed by atoms with E-state index < -0.39 is 67.5 Å². The quantitative estimate of drug-likeness (QED) is 0.249. The molecular weight excluding hydrogens is 344 g/mol. The van der Waals surface area contributed by atoms with Crippen molar-refractivity contribution in [1.29, 1.82) is 0 Å². The molecule has 0 aromatic rings. The highest BCUT2D eigenvalue weighted by Crippen LogP contribution is 2.26. The summed E-state index contributed by atoms with van der Waals surface area (Å²) < 4.78 is 20.7. The fourth-order valence-corrected chi connectivity index (χ4v) is 2.85. The molecule has 0 radical (unpaired) electrons. The maximum atomic E-state index is 9.95. The van der Waals surface area contributed by atoms with Crippen LogP contribution in [-0.2, 0) is 18.9 Å². The summed E-state index contributed by atoms with van der Waals surface area (Å²) in [5.74, 6) is 0. The molecule has 148 valence electrons. The van der Waals surface area contributed by atoms with Gasteiger partial charge in [0.05, 0.1) is 12.7 Å². The first-order valence-electron chi connectivity index (χ1n) is 7.90. The second-order valence-corrected chi connectivity index (χ2v) is 6.27. The molecule has 0 amide bonds. The second-order valence-electron chi connectivity index (χ2n) is 6.27. The van der Waals surface area contributed by atoms with Gasteiger partial charge in [-0.3, -0.25) is 0 Å². The molecule has 2 aliphatic heterocycles. The number of rotatable bonds is 5. The molecule has 11 atom stereocenters. The van der Waals surface area contributed by atoms with E-state index in [9.17, 15) is 35.7 Å². The average Bonchev–Trinajstić information content (AvgIpc) is 2.58. The molecule has 2 rings (SSSR count). The molecule has 11 heteroatoms. The van der Waals surface area contributed by atoms with Crippen LogP contribution in [0, 0.1) is 0 Å². The normalized spacial score (nSPS) is 49.8. The van der Waals surface area contributed by atoms with Crippen molar-refractivity contribution >= 4 is 0 Å². The van der Waals surface area contributed by atoms with E-state index in [1.165, 1.54) is 14.0 Å². The van der Waals surface area contributed by atoms with E-state index in [2.05, 4.69) is 0 Å². The van der Waals surface area contributed by atoms with Gasteiger partial charge in [0.15, 0.2) is 12.6 Å². The van der Waals surface area contributed by atoms with Crippen molar-refractivity contribution in [1.82, 2.24) is 0 Å². The minimum atomic E-state index is -1.62. The molecule has 2 heterocycles. The van der Waals surface area contributed by atoms with Gasteiger partial charge >= 0.3 is 0 Å². The monoisotopic (exact) mass is 370 g/mol. The molecule has 2 saturated heterocycles. The first kappa shape index (κ1) is 20.9. The van der Waals surface area contributed by atoms with Crippen molar-refractivity contribution in [2.75, 3.05) is 13.7 Å². The summed E-state index contributed by atoms with van der Waals surface area (Å²) in [6, 6.07) is 0. The summed E-state index contributed by atoms with van der Waals surface area (Å²) >= 11 is 0. The van der Waals surface area contributed by atoms with Crippen LogP contribution < -0.4 is 0 Å². The molecule has 0 unspecified atom stereocenters. The van der Waals surface area contributed by atoms with E-state index in [-0.39, 0.29) is 6.61 Å². The Labute approximate surface area is 143 Å². The third kappa shape index (κ3) is 4.28. The Balaban J connectivity index is 1.99. The minimum absolute atomic E-state index is 0.387. The zero-order valence-corrected chi connectivity index (χ0v) is 13.8. The number of hydrogen-bond acceptors (Lipinski definition) is 11. The maximum Gasteiger partial charge on any atom is 0.186 e. The molecule has 2 aliphatic rings. The van der Waals surface area contributed by atoms with E-state index in [1.807, 2.05) is 0 Å². The summed E-state index contributed by atoms with van der Waals surface area (Å²) in [5.41, 5.74) is 0. The lowest BCUT2D eigenvalue weighted by Gasteiger charge is -2.43. The van der Waals surface area contributed by atoms with Gasteiger partial charge in [-0.1, -0.05) is 0 Å². The van der Waals surface area contributed by atoms with Crippen LogP contribution in [0.1, 0.15) is 6.92 Å². The summed E-state index contributed by atoms with van der Waals surface area (Å²) in [4.78, 5) is 0. The minimum Gasteiger partial charge on any atom is -0.391 e. The Morgan fingerprint density at radius 1 is 0.800 bits per heavy atom. The van der Waals surface area contributed by atoms with Crippen molar-refractivity contribution in [2.45, 2.75) is 74.4 Å². The largest absolute Gasteiger partial charge is 0.391 e. The Kier molecular flexibility index (Phi) is 7.09. The molecule has 0 spiro atoms. The van der Waals surface area contributed by atoms with Crippen LogP contribution in [-0.4, -0.2) is 117 Å². The van der Waals surface area contributed by atoms with Crippen molar-refractivity contribution in [3.8, 4) is 0 Å². The Bertz CT molecular complexity index is 420. The predicted molar refractivity (Wildman–Crippen MR) is 78.0 cm³/mol. The van der Waals surface area contributed by atoms with Gasteiger partial charge in [-0.2, -0.15) is 0 Å². The van der Waals surface area contributed by atoms with Gasteiger partial charge in [0.25, 0.3) is 0 Å². The Morgan fingerprint density at radius 2 is 1.36 bits per heavy atom. The van der Waals surface area contributed by atoms with Gasteiger partial charge in [0.2, 0.25) is 0 Å². The molecule has 0 bridgehead atoms. The highest BCUT2D eigenvalue weighted by Gasteiger charge is 2.48. The van der Waals surface area contributed by atoms with E-state index in [0.717, 1.165) is 0 Å². The standard InChI is InChI=1S/C14H26O11/c1-4(15)12-9(19)8(18)11(21)14(25-12)23-3-5-6(16)7(17)10(20)13(22-2)24-5/h4-21H,3H2,1-2H3/t4-,5-,6+,7+,8+,9-,10-,11-,12-,13+,14-/m1/s1. The van der Waals surface area contributed by atoms with E-state index in [4.69, 9.17) is 18.9 Å². The number of aliphatic hydroxyl groups is 7. The Hall–Kier alpha value is -0.440. The van der Waals surface area contributed by atoms with Gasteiger partial charge in [0, 0.05) is 7.11 Å². The van der Waals surface area contributed by atoms with Crippen molar-refractivity contribution in [3.63, 3.8) is 0 Å². The average molecular weight is 370 g/mol. The van der Waals surface area contributed by atoms with Gasteiger partial charge < -0.3 is 54.7 Å². The fraction of sp³-hybridized carbons (Fsp3) is 1.00. The molecule has 0 aromatic carbocycles. The zero-order valence-electron chi connectivity index (χ0n) is 13.8. The predicted octanol–water partition coefficient (Wildman–Crippen LogP) is -4.35. The smallest absolute Gasteiger partial charge is 0.186 e. The summed E-state index contributed by atoms with van der Waals surface area (Å²) in [6.45, 7) is 0.951. The first-order valence-corrected chi connectivity index (χ1v) is 7.90. The summed E-state index contributed by atoms with van der Waals surface area (Å²) in [6.07, 6.45) is -15.3. The van der Waals surface area contributed by atoms with Gasteiger partial charge in [-0.15, -0.1) is 0 Å². The number of ether oxygens (including phenoxy) is 4. The molecule has 2 fully saturated rings. The molecular formula is C14H26O11. The van der Waals surface area contributed by atoms with Crippen LogP contribution in [0.2, 0.25) is 0 Å². The van der Waals surface area contributed by atoms with Crippen LogP contribution in [0.3, 0.4) is 0 Å². The van der Waals surface area contributed by atoms with Crippen molar-refractivity contribution in [2.24, 2.45) is 0 Å². The number of methoxy groups -OCH3 is 1. The molecule has 0 aromatic heterocycles. The van der Waals surface area contributed by atoms with E-state index >= 15 is 0 Å². The summed E-state index contributed by atoms with van der Waals surface area (Å²) in [5, 5.41) is 68.6.